The molecular weight excluding hydrogens is 345 g/mol. The number of carbonyl (C=O) groups is 2. The van der Waals surface area contributed by atoms with Gasteiger partial charge in [0.1, 0.15) is 12.4 Å². The summed E-state index contributed by atoms with van der Waals surface area (Å²) in [5, 5.41) is 2.72. The van der Waals surface area contributed by atoms with E-state index in [9.17, 15) is 14.0 Å². The second kappa shape index (κ2) is 8.27. The quantitative estimate of drug-likeness (QED) is 0.666. The number of esters is 1. The molecule has 0 atom stereocenters. The highest BCUT2D eigenvalue weighted by Gasteiger charge is 2.16. The molecule has 5 heteroatoms. The van der Waals surface area contributed by atoms with Crippen LogP contribution in [0.2, 0.25) is 0 Å². The van der Waals surface area contributed by atoms with Crippen molar-refractivity contribution >= 4 is 17.6 Å². The molecule has 3 aromatic rings. The van der Waals surface area contributed by atoms with Crippen molar-refractivity contribution in [2.45, 2.75) is 13.5 Å². The van der Waals surface area contributed by atoms with Crippen molar-refractivity contribution in [1.82, 2.24) is 0 Å². The van der Waals surface area contributed by atoms with Gasteiger partial charge < -0.3 is 10.1 Å². The van der Waals surface area contributed by atoms with Gasteiger partial charge in [0.2, 0.25) is 0 Å². The van der Waals surface area contributed by atoms with Gasteiger partial charge in [0.05, 0.1) is 11.3 Å². The summed E-state index contributed by atoms with van der Waals surface area (Å²) < 4.78 is 18.9. The third-order valence-corrected chi connectivity index (χ3v) is 4.03. The Morgan fingerprint density at radius 3 is 2.33 bits per heavy atom. The van der Waals surface area contributed by atoms with E-state index in [4.69, 9.17) is 4.74 Å². The van der Waals surface area contributed by atoms with Gasteiger partial charge in [-0.3, -0.25) is 4.79 Å². The highest BCUT2D eigenvalue weighted by atomic mass is 19.1. The zero-order chi connectivity index (χ0) is 19.2. The van der Waals surface area contributed by atoms with E-state index in [1.54, 1.807) is 54.6 Å². The van der Waals surface area contributed by atoms with Gasteiger partial charge >= 0.3 is 5.97 Å². The molecular formula is C22H18FNO3. The van der Waals surface area contributed by atoms with Crippen LogP contribution in [0.5, 0.6) is 0 Å². The first-order valence-electron chi connectivity index (χ1n) is 8.42. The van der Waals surface area contributed by atoms with Crippen LogP contribution in [0.3, 0.4) is 0 Å². The van der Waals surface area contributed by atoms with Crippen LogP contribution in [0, 0.1) is 12.7 Å². The lowest BCUT2D eigenvalue weighted by Crippen LogP contribution is -2.16. The van der Waals surface area contributed by atoms with Gasteiger partial charge in [-0.05, 0) is 37.3 Å². The first-order chi connectivity index (χ1) is 13.0. The number of ether oxygens (including phenoxy) is 1. The molecule has 0 aliphatic rings. The Hall–Kier alpha value is -3.47. The van der Waals surface area contributed by atoms with Crippen LogP contribution in [0.15, 0.2) is 72.8 Å². The predicted molar refractivity (Wildman–Crippen MR) is 101 cm³/mol. The Morgan fingerprint density at radius 2 is 1.59 bits per heavy atom. The molecule has 0 aliphatic heterocycles. The van der Waals surface area contributed by atoms with Gasteiger partial charge in [-0.1, -0.05) is 48.0 Å². The monoisotopic (exact) mass is 363 g/mol. The molecule has 0 heterocycles. The van der Waals surface area contributed by atoms with Crippen molar-refractivity contribution < 1.29 is 18.7 Å². The maximum Gasteiger partial charge on any atom is 0.340 e. The molecule has 0 fully saturated rings. The molecule has 0 saturated carbocycles. The fourth-order valence-corrected chi connectivity index (χ4v) is 2.51. The van der Waals surface area contributed by atoms with Crippen molar-refractivity contribution in [3.8, 4) is 0 Å². The summed E-state index contributed by atoms with van der Waals surface area (Å²) in [4.78, 5) is 24.8. The standard InChI is InChI=1S/C22H18FNO3/c1-15-10-12-16(13-11-15)21(25)24-20-9-5-3-7-18(20)22(26)27-14-17-6-2-4-8-19(17)23/h2-13H,14H2,1H3,(H,24,25). The first-order valence-corrected chi connectivity index (χ1v) is 8.42. The van der Waals surface area contributed by atoms with Gasteiger partial charge in [-0.2, -0.15) is 0 Å². The molecule has 3 aromatic carbocycles. The third-order valence-electron chi connectivity index (χ3n) is 4.03. The Balaban J connectivity index is 1.73. The van der Waals surface area contributed by atoms with Crippen molar-refractivity contribution in [2.75, 3.05) is 5.32 Å². The Morgan fingerprint density at radius 1 is 0.926 bits per heavy atom. The number of amides is 1. The van der Waals surface area contributed by atoms with E-state index in [0.717, 1.165) is 5.56 Å². The van der Waals surface area contributed by atoms with E-state index in [1.165, 1.54) is 6.07 Å². The minimum atomic E-state index is -0.641. The minimum absolute atomic E-state index is 0.189. The number of halogens is 1. The summed E-state index contributed by atoms with van der Waals surface area (Å²) in [7, 11) is 0. The molecule has 0 spiro atoms. The Labute approximate surface area is 156 Å². The van der Waals surface area contributed by atoms with Crippen LogP contribution in [0.1, 0.15) is 31.8 Å². The number of hydrogen-bond acceptors (Lipinski definition) is 3. The highest BCUT2D eigenvalue weighted by molar-refractivity contribution is 6.08. The molecule has 0 saturated heterocycles. The second-order valence-electron chi connectivity index (χ2n) is 6.03. The topological polar surface area (TPSA) is 55.4 Å². The fourth-order valence-electron chi connectivity index (χ4n) is 2.51. The summed E-state index contributed by atoms with van der Waals surface area (Å²) in [6, 6.07) is 19.7. The molecule has 0 radical (unpaired) electrons. The summed E-state index contributed by atoms with van der Waals surface area (Å²) in [6.45, 7) is 1.74. The van der Waals surface area contributed by atoms with Crippen LogP contribution < -0.4 is 5.32 Å². The number of anilines is 1. The van der Waals surface area contributed by atoms with Crippen molar-refractivity contribution in [3.05, 3.63) is 101 Å². The first kappa shape index (κ1) is 18.3. The minimum Gasteiger partial charge on any atom is -0.457 e. The molecule has 0 aromatic heterocycles. The van der Waals surface area contributed by atoms with Gasteiger partial charge in [0.15, 0.2) is 0 Å². The van der Waals surface area contributed by atoms with Crippen LogP contribution in [0.25, 0.3) is 0 Å². The zero-order valence-corrected chi connectivity index (χ0v) is 14.7. The largest absolute Gasteiger partial charge is 0.457 e. The lowest BCUT2D eigenvalue weighted by atomic mass is 10.1. The van der Waals surface area contributed by atoms with E-state index in [0.29, 0.717) is 11.3 Å². The molecule has 0 bridgehead atoms. The summed E-state index contributed by atoms with van der Waals surface area (Å²) in [5.41, 5.74) is 2.35. The van der Waals surface area contributed by atoms with Gasteiger partial charge in [-0.25, -0.2) is 9.18 Å². The zero-order valence-electron chi connectivity index (χ0n) is 14.7. The van der Waals surface area contributed by atoms with Crippen molar-refractivity contribution in [1.29, 1.82) is 0 Å². The molecule has 0 aliphatic carbocycles. The van der Waals surface area contributed by atoms with Gasteiger partial charge in [0, 0.05) is 11.1 Å². The normalized spacial score (nSPS) is 10.3. The highest BCUT2D eigenvalue weighted by Crippen LogP contribution is 2.19. The average molecular weight is 363 g/mol. The summed E-state index contributed by atoms with van der Waals surface area (Å²) in [5.74, 6) is -1.41. The summed E-state index contributed by atoms with van der Waals surface area (Å²) >= 11 is 0. The van der Waals surface area contributed by atoms with E-state index < -0.39 is 11.8 Å². The Bertz CT molecular complexity index is 967. The smallest absolute Gasteiger partial charge is 0.340 e. The van der Waals surface area contributed by atoms with Crippen LogP contribution in [-0.4, -0.2) is 11.9 Å². The van der Waals surface area contributed by atoms with Crippen LogP contribution in [-0.2, 0) is 11.3 Å². The fraction of sp³-hybridized carbons (Fsp3) is 0.0909. The molecule has 1 amide bonds. The maximum atomic E-state index is 13.7. The van der Waals surface area contributed by atoms with E-state index >= 15 is 0 Å². The lowest BCUT2D eigenvalue weighted by Gasteiger charge is -2.11. The van der Waals surface area contributed by atoms with E-state index in [-0.39, 0.29) is 23.6 Å². The number of nitrogens with one attached hydrogen (secondary N) is 1. The molecule has 1 N–H and O–H groups in total. The second-order valence-corrected chi connectivity index (χ2v) is 6.03. The van der Waals surface area contributed by atoms with Crippen molar-refractivity contribution in [3.63, 3.8) is 0 Å². The SMILES string of the molecule is Cc1ccc(C(=O)Nc2ccccc2C(=O)OCc2ccccc2F)cc1. The van der Waals surface area contributed by atoms with E-state index in [1.807, 2.05) is 19.1 Å². The van der Waals surface area contributed by atoms with Crippen LogP contribution >= 0.6 is 0 Å². The predicted octanol–water partition coefficient (Wildman–Crippen LogP) is 4.74. The number of carbonyl (C=O) groups excluding carboxylic acids is 2. The summed E-state index contributed by atoms with van der Waals surface area (Å²) in [6.07, 6.45) is 0. The molecule has 3 rings (SSSR count). The third kappa shape index (κ3) is 4.58. The number of hydrogen-bond donors (Lipinski definition) is 1. The maximum absolute atomic E-state index is 13.7. The average Bonchev–Trinajstić information content (AvgIpc) is 2.68. The Kier molecular flexibility index (Phi) is 5.61. The number of para-hydroxylation sites is 1. The van der Waals surface area contributed by atoms with E-state index in [2.05, 4.69) is 5.32 Å². The van der Waals surface area contributed by atoms with Gasteiger partial charge in [-0.15, -0.1) is 0 Å². The number of rotatable bonds is 5. The van der Waals surface area contributed by atoms with Crippen LogP contribution in [0.4, 0.5) is 10.1 Å². The molecule has 136 valence electrons. The number of aryl methyl sites for hydroxylation is 1. The molecule has 4 nitrogen and oxygen atoms in total. The van der Waals surface area contributed by atoms with Crippen molar-refractivity contribution in [2.24, 2.45) is 0 Å². The molecule has 27 heavy (non-hydrogen) atoms. The lowest BCUT2D eigenvalue weighted by molar-refractivity contribution is 0.0470. The van der Waals surface area contributed by atoms with Gasteiger partial charge in [0.25, 0.3) is 5.91 Å². The number of benzene rings is 3. The molecule has 0 unspecified atom stereocenters.